The minimum atomic E-state index is -0.336. The number of halogens is 1. The van der Waals surface area contributed by atoms with Crippen LogP contribution in [0.4, 0.5) is 9.18 Å². The number of nitrogens with zero attached hydrogens (tertiary/aromatic N) is 1. The fourth-order valence-corrected chi connectivity index (χ4v) is 4.26. The first kappa shape index (κ1) is 23.6. The third-order valence-corrected chi connectivity index (χ3v) is 6.17. The molecule has 3 aromatic rings. The lowest BCUT2D eigenvalue weighted by Crippen LogP contribution is -2.32. The van der Waals surface area contributed by atoms with Crippen LogP contribution in [-0.2, 0) is 11.4 Å². The lowest BCUT2D eigenvalue weighted by atomic mass is 10.1. The normalized spacial score (nSPS) is 14.7. The molecule has 0 unspecified atom stereocenters. The Morgan fingerprint density at radius 3 is 2.56 bits per heavy atom. The monoisotopic (exact) mass is 477 g/mol. The molecule has 0 spiro atoms. The highest BCUT2D eigenvalue weighted by molar-refractivity contribution is 8.18. The quantitative estimate of drug-likeness (QED) is 0.365. The highest BCUT2D eigenvalue weighted by Gasteiger charge is 2.34. The van der Waals surface area contributed by atoms with Crippen molar-refractivity contribution >= 4 is 29.0 Å². The number of imide groups is 1. The van der Waals surface area contributed by atoms with Gasteiger partial charge in [-0.3, -0.25) is 14.5 Å². The fraction of sp³-hybridized carbons (Fsp3) is 0.185. The van der Waals surface area contributed by atoms with Gasteiger partial charge in [-0.2, -0.15) is 0 Å². The zero-order chi connectivity index (χ0) is 24.1. The first-order valence-electron chi connectivity index (χ1n) is 10.8. The van der Waals surface area contributed by atoms with Gasteiger partial charge < -0.3 is 9.47 Å². The van der Waals surface area contributed by atoms with Gasteiger partial charge in [0.15, 0.2) is 0 Å². The smallest absolute Gasteiger partial charge is 0.293 e. The molecule has 174 valence electrons. The van der Waals surface area contributed by atoms with Gasteiger partial charge in [-0.15, -0.1) is 0 Å². The maximum atomic E-state index is 13.0. The molecule has 0 N–H and O–H groups in total. The Morgan fingerprint density at radius 2 is 1.76 bits per heavy atom. The summed E-state index contributed by atoms with van der Waals surface area (Å²) in [5.74, 6) is 0.730. The van der Waals surface area contributed by atoms with Crippen LogP contribution in [0.25, 0.3) is 6.08 Å². The average Bonchev–Trinajstić information content (AvgIpc) is 3.08. The number of hydrogen-bond donors (Lipinski definition) is 0. The number of aryl methyl sites for hydroxylation is 2. The molecule has 7 heteroatoms. The van der Waals surface area contributed by atoms with Gasteiger partial charge in [0, 0.05) is 0 Å². The first-order valence-corrected chi connectivity index (χ1v) is 11.6. The van der Waals surface area contributed by atoms with Crippen LogP contribution >= 0.6 is 11.8 Å². The van der Waals surface area contributed by atoms with Crippen LogP contribution in [-0.4, -0.2) is 29.2 Å². The zero-order valence-electron chi connectivity index (χ0n) is 18.9. The molecule has 2 amide bonds. The number of ether oxygens (including phenoxy) is 2. The predicted octanol–water partition coefficient (Wildman–Crippen LogP) is 6.14. The van der Waals surface area contributed by atoms with Crippen LogP contribution in [0.3, 0.4) is 0 Å². The molecule has 0 radical (unpaired) electrons. The van der Waals surface area contributed by atoms with Crippen molar-refractivity contribution < 1.29 is 23.5 Å². The standard InChI is InChI=1S/C27H24FNO4S/c1-18-6-7-19(2)24(14-18)32-13-12-29-26(30)25(34-27(29)31)16-21-4-3-5-23(15-21)33-17-20-8-10-22(28)11-9-20/h3-11,14-16H,12-13,17H2,1-2H3/b25-16-. The maximum absolute atomic E-state index is 13.0. The molecule has 0 aliphatic carbocycles. The molecule has 0 bridgehead atoms. The summed E-state index contributed by atoms with van der Waals surface area (Å²) in [4.78, 5) is 26.8. The summed E-state index contributed by atoms with van der Waals surface area (Å²) in [5.41, 5.74) is 3.67. The van der Waals surface area contributed by atoms with Crippen molar-refractivity contribution in [1.29, 1.82) is 0 Å². The largest absolute Gasteiger partial charge is 0.491 e. The number of rotatable bonds is 8. The predicted molar refractivity (Wildman–Crippen MR) is 131 cm³/mol. The summed E-state index contributed by atoms with van der Waals surface area (Å²) in [6.07, 6.45) is 1.68. The maximum Gasteiger partial charge on any atom is 0.293 e. The minimum Gasteiger partial charge on any atom is -0.491 e. The lowest BCUT2D eigenvalue weighted by molar-refractivity contribution is -0.123. The second kappa shape index (κ2) is 10.6. The van der Waals surface area contributed by atoms with E-state index in [-0.39, 0.29) is 30.1 Å². The molecule has 3 aromatic carbocycles. The summed E-state index contributed by atoms with van der Waals surface area (Å²) in [6, 6.07) is 19.3. The van der Waals surface area contributed by atoms with Crippen molar-refractivity contribution in [2.24, 2.45) is 0 Å². The van der Waals surface area contributed by atoms with Gasteiger partial charge in [0.2, 0.25) is 0 Å². The molecule has 1 aliphatic rings. The van der Waals surface area contributed by atoms with Crippen molar-refractivity contribution in [3.63, 3.8) is 0 Å². The van der Waals surface area contributed by atoms with E-state index in [2.05, 4.69) is 0 Å². The molecule has 0 atom stereocenters. The minimum absolute atomic E-state index is 0.177. The Balaban J connectivity index is 1.37. The van der Waals surface area contributed by atoms with E-state index in [4.69, 9.17) is 9.47 Å². The summed E-state index contributed by atoms with van der Waals surface area (Å²) in [7, 11) is 0. The van der Waals surface area contributed by atoms with E-state index in [0.29, 0.717) is 17.3 Å². The average molecular weight is 478 g/mol. The van der Waals surface area contributed by atoms with Gasteiger partial charge in [0.05, 0.1) is 11.4 Å². The van der Waals surface area contributed by atoms with E-state index in [0.717, 1.165) is 39.8 Å². The summed E-state index contributed by atoms with van der Waals surface area (Å²) in [5, 5.41) is -0.315. The van der Waals surface area contributed by atoms with Crippen LogP contribution in [0.5, 0.6) is 11.5 Å². The summed E-state index contributed by atoms with van der Waals surface area (Å²) >= 11 is 0.913. The van der Waals surface area contributed by atoms with Crippen molar-refractivity contribution in [3.05, 3.63) is 99.7 Å². The van der Waals surface area contributed by atoms with E-state index < -0.39 is 0 Å². The number of carbonyl (C=O) groups excluding carboxylic acids is 2. The van der Waals surface area contributed by atoms with Crippen molar-refractivity contribution in [2.75, 3.05) is 13.2 Å². The molecule has 0 saturated carbocycles. The van der Waals surface area contributed by atoms with E-state index in [1.165, 1.54) is 17.0 Å². The molecule has 34 heavy (non-hydrogen) atoms. The number of amides is 2. The lowest BCUT2D eigenvalue weighted by Gasteiger charge is -2.14. The Labute approximate surface area is 202 Å². The number of hydrogen-bond acceptors (Lipinski definition) is 5. The van der Waals surface area contributed by atoms with Gasteiger partial charge >= 0.3 is 0 Å². The molecular weight excluding hydrogens is 453 g/mol. The van der Waals surface area contributed by atoms with Crippen molar-refractivity contribution in [3.8, 4) is 11.5 Å². The number of thioether (sulfide) groups is 1. The third-order valence-electron chi connectivity index (χ3n) is 5.26. The van der Waals surface area contributed by atoms with Gasteiger partial charge in [0.25, 0.3) is 11.1 Å². The summed E-state index contributed by atoms with van der Waals surface area (Å²) in [6.45, 7) is 4.63. The molecule has 1 fully saturated rings. The Bertz CT molecular complexity index is 1240. The zero-order valence-corrected chi connectivity index (χ0v) is 19.7. The van der Waals surface area contributed by atoms with Gasteiger partial charge in [-0.05, 0) is 84.3 Å². The molecule has 0 aromatic heterocycles. The van der Waals surface area contributed by atoms with Crippen LogP contribution in [0.2, 0.25) is 0 Å². The molecule has 1 aliphatic heterocycles. The molecule has 1 saturated heterocycles. The number of benzene rings is 3. The SMILES string of the molecule is Cc1ccc(C)c(OCCN2C(=O)S/C(=C\c3cccc(OCc4ccc(F)cc4)c3)C2=O)c1. The van der Waals surface area contributed by atoms with Crippen molar-refractivity contribution in [2.45, 2.75) is 20.5 Å². The molecule has 4 rings (SSSR count). The van der Waals surface area contributed by atoms with E-state index >= 15 is 0 Å². The van der Waals surface area contributed by atoms with Crippen LogP contribution in [0, 0.1) is 19.7 Å². The Hall–Kier alpha value is -3.58. The molecule has 1 heterocycles. The number of carbonyl (C=O) groups is 2. The topological polar surface area (TPSA) is 55.8 Å². The van der Waals surface area contributed by atoms with E-state index in [1.54, 1.807) is 30.3 Å². The van der Waals surface area contributed by atoms with Gasteiger partial charge in [-0.1, -0.05) is 36.4 Å². The van der Waals surface area contributed by atoms with E-state index in [9.17, 15) is 14.0 Å². The van der Waals surface area contributed by atoms with Crippen LogP contribution in [0.1, 0.15) is 22.3 Å². The fourth-order valence-electron chi connectivity index (χ4n) is 3.40. The molecular formula is C27H24FNO4S. The van der Waals surface area contributed by atoms with E-state index in [1.807, 2.05) is 44.2 Å². The van der Waals surface area contributed by atoms with Gasteiger partial charge in [0.1, 0.15) is 30.5 Å². The highest BCUT2D eigenvalue weighted by atomic mass is 32.2. The third kappa shape index (κ3) is 5.85. The van der Waals surface area contributed by atoms with Crippen LogP contribution in [0.15, 0.2) is 71.6 Å². The van der Waals surface area contributed by atoms with Gasteiger partial charge in [-0.25, -0.2) is 4.39 Å². The highest BCUT2D eigenvalue weighted by Crippen LogP contribution is 2.32. The molecule has 5 nitrogen and oxygen atoms in total. The second-order valence-electron chi connectivity index (χ2n) is 7.94. The van der Waals surface area contributed by atoms with Crippen LogP contribution < -0.4 is 9.47 Å². The Morgan fingerprint density at radius 1 is 0.971 bits per heavy atom. The first-order chi connectivity index (χ1) is 16.4. The van der Waals surface area contributed by atoms with Crippen molar-refractivity contribution in [1.82, 2.24) is 4.90 Å². The second-order valence-corrected chi connectivity index (χ2v) is 8.93. The summed E-state index contributed by atoms with van der Waals surface area (Å²) < 4.78 is 24.6. The Kier molecular flexibility index (Phi) is 7.33.